The van der Waals surface area contributed by atoms with Gasteiger partial charge < -0.3 is 15.3 Å². The standard InChI is InChI=1S/C28H26O3/c1-19-3-5-21(6-4-19)28(22-7-12-25(29)13-8-22,23-9-14-26(30)15-10-23)24-11-16-27(31)18-20(2)17-24/h3-18,20,29-31H,1-2H3. The second-order valence-electron chi connectivity index (χ2n) is 8.12. The fourth-order valence-corrected chi connectivity index (χ4v) is 4.36. The Hall–Kier alpha value is -3.72. The first-order valence-corrected chi connectivity index (χ1v) is 10.4. The minimum atomic E-state index is -0.710. The van der Waals surface area contributed by atoms with Crippen molar-refractivity contribution in [2.24, 2.45) is 5.92 Å². The van der Waals surface area contributed by atoms with E-state index >= 15 is 0 Å². The molecule has 1 unspecified atom stereocenters. The molecule has 4 rings (SSSR count). The number of aryl methyl sites for hydroxylation is 1. The number of hydrogen-bond acceptors (Lipinski definition) is 3. The number of allylic oxidation sites excluding steroid dienone is 5. The summed E-state index contributed by atoms with van der Waals surface area (Å²) < 4.78 is 0. The van der Waals surface area contributed by atoms with Crippen molar-refractivity contribution in [3.05, 3.63) is 131 Å². The van der Waals surface area contributed by atoms with Crippen molar-refractivity contribution >= 4 is 0 Å². The normalized spacial score (nSPS) is 16.4. The van der Waals surface area contributed by atoms with Crippen LogP contribution in [0.4, 0.5) is 0 Å². The van der Waals surface area contributed by atoms with Crippen molar-refractivity contribution in [1.29, 1.82) is 0 Å². The zero-order valence-corrected chi connectivity index (χ0v) is 17.7. The number of benzene rings is 3. The monoisotopic (exact) mass is 410 g/mol. The molecule has 0 spiro atoms. The van der Waals surface area contributed by atoms with Crippen LogP contribution in [0.1, 0.15) is 29.2 Å². The maximum atomic E-state index is 10.2. The first-order chi connectivity index (χ1) is 14.9. The highest BCUT2D eigenvalue weighted by atomic mass is 16.3. The molecule has 1 atom stereocenters. The largest absolute Gasteiger partial charge is 0.508 e. The molecular weight excluding hydrogens is 384 g/mol. The summed E-state index contributed by atoms with van der Waals surface area (Å²) in [6, 6.07) is 22.9. The quantitative estimate of drug-likeness (QED) is 0.441. The molecule has 0 radical (unpaired) electrons. The summed E-state index contributed by atoms with van der Waals surface area (Å²) in [7, 11) is 0. The molecule has 0 amide bonds. The second-order valence-corrected chi connectivity index (χ2v) is 8.12. The van der Waals surface area contributed by atoms with Crippen LogP contribution in [-0.4, -0.2) is 15.3 Å². The van der Waals surface area contributed by atoms with E-state index in [2.05, 4.69) is 37.3 Å². The lowest BCUT2D eigenvalue weighted by Crippen LogP contribution is -2.31. The third-order valence-electron chi connectivity index (χ3n) is 5.83. The van der Waals surface area contributed by atoms with Crippen molar-refractivity contribution in [1.82, 2.24) is 0 Å². The molecule has 3 aromatic rings. The molecule has 0 saturated heterocycles. The van der Waals surface area contributed by atoms with Crippen molar-refractivity contribution in [3.8, 4) is 11.5 Å². The molecule has 1 aliphatic rings. The minimum Gasteiger partial charge on any atom is -0.508 e. The molecule has 156 valence electrons. The van der Waals surface area contributed by atoms with Crippen molar-refractivity contribution in [2.45, 2.75) is 19.3 Å². The van der Waals surface area contributed by atoms with E-state index in [0.29, 0.717) is 0 Å². The molecule has 3 heteroatoms. The summed E-state index contributed by atoms with van der Waals surface area (Å²) >= 11 is 0. The Morgan fingerprint density at radius 2 is 1.06 bits per heavy atom. The number of aromatic hydroxyl groups is 2. The second kappa shape index (κ2) is 8.19. The first-order valence-electron chi connectivity index (χ1n) is 10.4. The number of rotatable bonds is 4. The molecule has 0 bridgehead atoms. The fraction of sp³-hybridized carbons (Fsp3) is 0.143. The Morgan fingerprint density at radius 3 is 1.55 bits per heavy atom. The van der Waals surface area contributed by atoms with Gasteiger partial charge in [0.15, 0.2) is 0 Å². The van der Waals surface area contributed by atoms with Crippen LogP contribution in [0.25, 0.3) is 0 Å². The highest BCUT2D eigenvalue weighted by Crippen LogP contribution is 2.47. The smallest absolute Gasteiger partial charge is 0.115 e. The van der Waals surface area contributed by atoms with Crippen LogP contribution in [0.2, 0.25) is 0 Å². The molecule has 0 saturated carbocycles. The van der Waals surface area contributed by atoms with Gasteiger partial charge in [0.2, 0.25) is 0 Å². The van der Waals surface area contributed by atoms with Gasteiger partial charge in [-0.1, -0.05) is 73.2 Å². The molecule has 1 aliphatic carbocycles. The summed E-state index contributed by atoms with van der Waals surface area (Å²) in [5, 5.41) is 30.2. The topological polar surface area (TPSA) is 60.7 Å². The molecular formula is C28H26O3. The van der Waals surface area contributed by atoms with Crippen molar-refractivity contribution in [3.63, 3.8) is 0 Å². The van der Waals surface area contributed by atoms with Crippen LogP contribution < -0.4 is 0 Å². The van der Waals surface area contributed by atoms with Crippen molar-refractivity contribution < 1.29 is 15.3 Å². The van der Waals surface area contributed by atoms with Gasteiger partial charge in [0.1, 0.15) is 17.3 Å². The number of phenolic OH excluding ortho intramolecular Hbond substituents is 2. The molecule has 3 N–H and O–H groups in total. The van der Waals surface area contributed by atoms with E-state index in [1.54, 1.807) is 30.3 Å². The van der Waals surface area contributed by atoms with Gasteiger partial charge in [0, 0.05) is 0 Å². The average Bonchev–Trinajstić information content (AvgIpc) is 2.92. The lowest BCUT2D eigenvalue weighted by molar-refractivity contribution is 0.428. The van der Waals surface area contributed by atoms with Gasteiger partial charge in [-0.15, -0.1) is 0 Å². The average molecular weight is 411 g/mol. The van der Waals surface area contributed by atoms with E-state index < -0.39 is 5.41 Å². The van der Waals surface area contributed by atoms with E-state index in [0.717, 1.165) is 27.8 Å². The van der Waals surface area contributed by atoms with Crippen LogP contribution in [0.15, 0.2) is 108 Å². The Morgan fingerprint density at radius 1 is 0.613 bits per heavy atom. The molecule has 0 aliphatic heterocycles. The third kappa shape index (κ3) is 3.87. The Kier molecular flexibility index (Phi) is 5.43. The molecule has 3 nitrogen and oxygen atoms in total. The van der Waals surface area contributed by atoms with E-state index in [-0.39, 0.29) is 23.2 Å². The van der Waals surface area contributed by atoms with Crippen LogP contribution in [0.3, 0.4) is 0 Å². The van der Waals surface area contributed by atoms with Gasteiger partial charge >= 0.3 is 0 Å². The van der Waals surface area contributed by atoms with E-state index in [4.69, 9.17) is 0 Å². The lowest BCUT2D eigenvalue weighted by atomic mass is 9.64. The maximum Gasteiger partial charge on any atom is 0.115 e. The molecule has 0 aromatic heterocycles. The highest BCUT2D eigenvalue weighted by molar-refractivity contribution is 5.63. The van der Waals surface area contributed by atoms with Crippen LogP contribution in [-0.2, 0) is 5.41 Å². The molecule has 0 heterocycles. The van der Waals surface area contributed by atoms with Gasteiger partial charge in [0.25, 0.3) is 0 Å². The summed E-state index contributed by atoms with van der Waals surface area (Å²) in [4.78, 5) is 0. The highest BCUT2D eigenvalue weighted by Gasteiger charge is 2.39. The van der Waals surface area contributed by atoms with Gasteiger partial charge in [-0.3, -0.25) is 0 Å². The Bertz CT molecular complexity index is 1040. The number of aliphatic hydroxyl groups is 1. The number of hydrogen-bond donors (Lipinski definition) is 3. The maximum absolute atomic E-state index is 10.2. The summed E-state index contributed by atoms with van der Waals surface area (Å²) in [5.41, 5.74) is 4.46. The van der Waals surface area contributed by atoms with Crippen LogP contribution in [0.5, 0.6) is 11.5 Å². The molecule has 3 aromatic carbocycles. The number of aliphatic hydroxyl groups excluding tert-OH is 1. The summed E-state index contributed by atoms with van der Waals surface area (Å²) in [6.07, 6.45) is 7.64. The summed E-state index contributed by atoms with van der Waals surface area (Å²) in [6.45, 7) is 4.10. The minimum absolute atomic E-state index is 0.0176. The predicted octanol–water partition coefficient (Wildman–Crippen LogP) is 6.31. The fourth-order valence-electron chi connectivity index (χ4n) is 4.36. The Balaban J connectivity index is 2.11. The van der Waals surface area contributed by atoms with Gasteiger partial charge in [0.05, 0.1) is 5.41 Å². The summed E-state index contributed by atoms with van der Waals surface area (Å²) in [5.74, 6) is 0.646. The van der Waals surface area contributed by atoms with Gasteiger partial charge in [-0.2, -0.15) is 0 Å². The van der Waals surface area contributed by atoms with E-state index in [1.165, 1.54) is 0 Å². The van der Waals surface area contributed by atoms with Crippen molar-refractivity contribution in [2.75, 3.05) is 0 Å². The predicted molar refractivity (Wildman–Crippen MR) is 124 cm³/mol. The van der Waals surface area contributed by atoms with E-state index in [1.807, 2.05) is 43.3 Å². The SMILES string of the molecule is Cc1ccc(C(C2=CC(C)C=C(O)C=C2)(c2ccc(O)cc2)c2ccc(O)cc2)cc1. The van der Waals surface area contributed by atoms with Gasteiger partial charge in [-0.25, -0.2) is 0 Å². The van der Waals surface area contributed by atoms with Gasteiger partial charge in [-0.05, 0) is 71.5 Å². The molecule has 31 heavy (non-hydrogen) atoms. The van der Waals surface area contributed by atoms with Crippen LogP contribution in [0, 0.1) is 12.8 Å². The third-order valence-corrected chi connectivity index (χ3v) is 5.83. The number of phenols is 2. The molecule has 0 fully saturated rings. The Labute approximate surface area is 183 Å². The zero-order valence-electron chi connectivity index (χ0n) is 17.7. The zero-order chi connectivity index (χ0) is 22.0. The van der Waals surface area contributed by atoms with Crippen LogP contribution >= 0.6 is 0 Å². The van der Waals surface area contributed by atoms with E-state index in [9.17, 15) is 15.3 Å². The first kappa shape index (κ1) is 20.5. The lowest BCUT2D eigenvalue weighted by Gasteiger charge is -2.38.